The second-order valence-corrected chi connectivity index (χ2v) is 29.7. The maximum Gasteiger partial charge on any atom is 0.243 e. The van der Waals surface area contributed by atoms with Crippen LogP contribution in [-0.4, -0.2) is 226 Å². The Morgan fingerprint density at radius 3 is 1.71 bits per heavy atom. The van der Waals surface area contributed by atoms with Gasteiger partial charge in [0.25, 0.3) is 0 Å². The number of fused-ring (bicyclic) bond motifs is 1. The van der Waals surface area contributed by atoms with Crippen LogP contribution >= 0.6 is 0 Å². The number of aliphatic hydroxyl groups is 1. The lowest BCUT2D eigenvalue weighted by Gasteiger charge is -2.28. The Hall–Kier alpha value is -8.73. The average Bonchev–Trinajstić information content (AvgIpc) is 1.67. The van der Waals surface area contributed by atoms with Gasteiger partial charge in [0, 0.05) is 156 Å². The van der Waals surface area contributed by atoms with Crippen molar-refractivity contribution >= 4 is 81.3 Å². The fourth-order valence-corrected chi connectivity index (χ4v) is 12.3. The molecule has 0 aliphatic heterocycles. The second-order valence-electron chi connectivity index (χ2n) is 29.7. The van der Waals surface area contributed by atoms with Gasteiger partial charge in [-0.3, -0.25) is 52.7 Å². The van der Waals surface area contributed by atoms with Gasteiger partial charge in [0.05, 0.1) is 95.8 Å². The molecule has 0 saturated carbocycles. The molecular weight excluding hydrogens is 1440 g/mol. The number of aliphatic hydroxyl groups excluding tert-OH is 1. The topological polar surface area (TPSA) is 507 Å². The van der Waals surface area contributed by atoms with E-state index in [1.165, 1.54) is 26.4 Å². The zero-order chi connectivity index (χ0) is 82.9. The molecular formula is C80H129N15O17. The molecule has 8 amide bonds. The van der Waals surface area contributed by atoms with Crippen molar-refractivity contribution < 1.29 is 81.6 Å². The number of benzene rings is 2. The van der Waals surface area contributed by atoms with Crippen molar-refractivity contribution in [2.75, 3.05) is 105 Å². The molecule has 626 valence electrons. The highest BCUT2D eigenvalue weighted by molar-refractivity contribution is 5.96. The smallest absolute Gasteiger partial charge is 0.243 e. The standard InChI is InChI=1S/C47H69N7O9.C33H60N8O8/c1-26(2)13-31(44(48)60)18-36(56)20-43(59)41(14-27(3)4)54-46(62)33(17-35-23-49-25-52-35)19-37(57)24-51-47(63)39(28(5)6)21-42(58)30(8)53-45(61)32(15-29(7)55)16-34-22-50-40-12-10-9-11-38(34)40;1-26(7-8-30(36)42)40-33(45)29(23-27-5-3-2-4-6-27)41-31(43)9-15-46-17-19-48-21-22-49-20-18-47-16-14-39-32(44)28(24-37-12-10-34)25-38-13-11-35/h9-12,22-23,25-28,30-33,39,41,43,50,59H,13-21,24H2,1-8H3,(H2,48,60)(H,49,52)(H,51,63)(H,53,61)(H,54,62);2-6,26,28-29,37-38H,7-25,34-35H2,1H3,(H2,36,42)(H,39,44)(H,40,45)(H,41,43)/t30-,31+,32-,33+,39-,41?,43?;26-,29+/m10/s1. The van der Waals surface area contributed by atoms with Crippen LogP contribution in [0.2, 0.25) is 0 Å². The van der Waals surface area contributed by atoms with Gasteiger partial charge in [-0.15, -0.1) is 0 Å². The molecule has 0 radical (unpaired) electrons. The molecule has 112 heavy (non-hydrogen) atoms. The Morgan fingerprint density at radius 1 is 0.545 bits per heavy atom. The van der Waals surface area contributed by atoms with Gasteiger partial charge in [-0.1, -0.05) is 90.1 Å². The number of ketones is 4. The summed E-state index contributed by atoms with van der Waals surface area (Å²) < 4.78 is 22.0. The number of carbonyl (C=O) groups excluding carboxylic acids is 12. The highest BCUT2D eigenvalue weighted by atomic mass is 16.6. The minimum atomic E-state index is -1.27. The predicted octanol–water partition coefficient (Wildman–Crippen LogP) is 1.86. The van der Waals surface area contributed by atoms with Gasteiger partial charge in [0.2, 0.25) is 47.3 Å². The van der Waals surface area contributed by atoms with E-state index in [1.807, 2.05) is 88.5 Å². The lowest BCUT2D eigenvalue weighted by molar-refractivity contribution is -0.135. The van der Waals surface area contributed by atoms with Gasteiger partial charge in [-0.05, 0) is 81.4 Å². The number of aromatic amines is 2. The number of H-pyrrole nitrogens is 2. The van der Waals surface area contributed by atoms with E-state index in [0.717, 1.165) is 22.0 Å². The quantitative estimate of drug-likeness (QED) is 0.0281. The monoisotopic (exact) mass is 1570 g/mol. The van der Waals surface area contributed by atoms with Crippen LogP contribution in [-0.2, 0) is 95.7 Å². The number of nitrogens with two attached hydrogens (primary N) is 4. The van der Waals surface area contributed by atoms with Crippen molar-refractivity contribution in [3.63, 3.8) is 0 Å². The minimum absolute atomic E-state index is 0.0120. The van der Waals surface area contributed by atoms with Gasteiger partial charge in [0.15, 0.2) is 11.6 Å². The summed E-state index contributed by atoms with van der Waals surface area (Å²) in [6, 6.07) is 14.2. The van der Waals surface area contributed by atoms with Crippen molar-refractivity contribution in [2.24, 2.45) is 70.3 Å². The first-order valence-corrected chi connectivity index (χ1v) is 39.2. The molecule has 0 aliphatic rings. The maximum absolute atomic E-state index is 13.9. The van der Waals surface area contributed by atoms with E-state index < -0.39 is 95.5 Å². The van der Waals surface area contributed by atoms with Gasteiger partial charge in [-0.2, -0.15) is 0 Å². The molecule has 0 saturated heterocycles. The Bertz CT molecular complexity index is 3460. The molecule has 2 heterocycles. The first-order chi connectivity index (χ1) is 53.4. The van der Waals surface area contributed by atoms with Gasteiger partial charge in [-0.25, -0.2) is 4.98 Å². The van der Waals surface area contributed by atoms with Crippen molar-refractivity contribution in [3.8, 4) is 0 Å². The number of carbonyl (C=O) groups is 12. The third-order valence-corrected chi connectivity index (χ3v) is 18.4. The second kappa shape index (κ2) is 55.7. The fraction of sp³-hybridized carbons (Fsp3) is 0.637. The lowest BCUT2D eigenvalue weighted by atomic mass is 9.87. The minimum Gasteiger partial charge on any atom is -0.391 e. The van der Waals surface area contributed by atoms with Crippen LogP contribution in [0.5, 0.6) is 0 Å². The number of primary amides is 2. The van der Waals surface area contributed by atoms with Crippen molar-refractivity contribution in [1.29, 1.82) is 0 Å². The maximum atomic E-state index is 13.9. The number of nitrogens with zero attached hydrogens (tertiary/aromatic N) is 1. The molecule has 2 aromatic carbocycles. The van der Waals surface area contributed by atoms with Crippen molar-refractivity contribution in [1.82, 2.24) is 57.5 Å². The largest absolute Gasteiger partial charge is 0.391 e. The van der Waals surface area contributed by atoms with Crippen LogP contribution in [0.1, 0.15) is 143 Å². The van der Waals surface area contributed by atoms with E-state index in [0.29, 0.717) is 123 Å². The Balaban J connectivity index is 0.000000600. The summed E-state index contributed by atoms with van der Waals surface area (Å²) in [5, 5.41) is 35.3. The van der Waals surface area contributed by atoms with E-state index in [4.69, 9.17) is 41.9 Å². The number of ether oxygens (including phenoxy) is 4. The summed E-state index contributed by atoms with van der Waals surface area (Å²) in [6.07, 6.45) is 4.71. The number of hydrogen-bond donors (Lipinski definition) is 15. The SMILES string of the molecule is CC(=O)C[C@H](Cc1c[nH]c2ccccc12)C(=O)N[C@H](C)C(=O)C[C@@H](C(=O)NCC(=O)C[C@H](Cc1cnc[nH]1)C(=O)NC(CC(C)C)C(O)CC(=O)C[C@H](CC(C)C)C(N)=O)C(C)C.C[C@@H](CCC(N)=O)NC(=O)[C@@H](Cc1ccccc1)NC(=O)CCOCCOCCOCCOCCNC(=O)C(CNCCN)CNCCN. The molecule has 0 spiro atoms. The predicted molar refractivity (Wildman–Crippen MR) is 425 cm³/mol. The molecule has 4 aromatic rings. The van der Waals surface area contributed by atoms with Crippen LogP contribution in [0.15, 0.2) is 73.3 Å². The van der Waals surface area contributed by atoms with Crippen LogP contribution < -0.4 is 65.5 Å². The van der Waals surface area contributed by atoms with Crippen molar-refractivity contribution in [2.45, 2.75) is 176 Å². The fourth-order valence-electron chi connectivity index (χ4n) is 12.3. The van der Waals surface area contributed by atoms with E-state index >= 15 is 0 Å². The highest BCUT2D eigenvalue weighted by Gasteiger charge is 2.34. The Morgan fingerprint density at radius 2 is 1.13 bits per heavy atom. The normalized spacial score (nSPS) is 13.9. The van der Waals surface area contributed by atoms with E-state index in [9.17, 15) is 62.6 Å². The van der Waals surface area contributed by atoms with Gasteiger partial charge >= 0.3 is 0 Å². The number of imidazole rings is 1. The van der Waals surface area contributed by atoms with Crippen molar-refractivity contribution in [3.05, 3.63) is 90.1 Å². The number of amides is 8. The summed E-state index contributed by atoms with van der Waals surface area (Å²) in [6.45, 7) is 22.0. The summed E-state index contributed by atoms with van der Waals surface area (Å²) in [7, 11) is 0. The lowest BCUT2D eigenvalue weighted by Crippen LogP contribution is -2.50. The molecule has 2 unspecified atom stereocenters. The van der Waals surface area contributed by atoms with Gasteiger partial charge < -0.3 is 104 Å². The first-order valence-electron chi connectivity index (χ1n) is 39.2. The van der Waals surface area contributed by atoms with E-state index in [-0.39, 0.29) is 123 Å². The number of rotatable bonds is 61. The molecule has 0 bridgehead atoms. The number of hydrogen-bond acceptors (Lipinski definition) is 22. The van der Waals surface area contributed by atoms with E-state index in [1.54, 1.807) is 20.8 Å². The molecule has 0 aliphatic carbocycles. The molecule has 32 heteroatoms. The number of Topliss-reactive ketones (excluding diaryl/α,β-unsaturated/α-hetero) is 4. The number of para-hydroxylation sites is 1. The summed E-state index contributed by atoms with van der Waals surface area (Å²) >= 11 is 0. The molecule has 19 N–H and O–H groups in total. The molecule has 0 fully saturated rings. The first kappa shape index (κ1) is 97.5. The van der Waals surface area contributed by atoms with E-state index in [2.05, 4.69) is 57.5 Å². The van der Waals surface area contributed by atoms with Crippen LogP contribution in [0.25, 0.3) is 10.9 Å². The average molecular weight is 1570 g/mol. The molecule has 2 aromatic heterocycles. The number of nitrogens with one attached hydrogen (secondary N) is 10. The zero-order valence-corrected chi connectivity index (χ0v) is 67.2. The highest BCUT2D eigenvalue weighted by Crippen LogP contribution is 2.25. The molecule has 9 atom stereocenters. The third-order valence-electron chi connectivity index (χ3n) is 18.4. The van der Waals surface area contributed by atoms with Gasteiger partial charge in [0.1, 0.15) is 17.6 Å². The zero-order valence-electron chi connectivity index (χ0n) is 67.2. The van der Waals surface area contributed by atoms with Crippen LogP contribution in [0, 0.1) is 47.3 Å². The van der Waals surface area contributed by atoms with Crippen LogP contribution in [0.3, 0.4) is 0 Å². The summed E-state index contributed by atoms with van der Waals surface area (Å²) in [4.78, 5) is 164. The number of aromatic nitrogens is 3. The molecule has 32 nitrogen and oxygen atoms in total. The Labute approximate surface area is 659 Å². The molecule has 4 rings (SSSR count). The van der Waals surface area contributed by atoms with Crippen LogP contribution in [0.4, 0.5) is 0 Å². The third kappa shape index (κ3) is 41.7. The Kier molecular flexibility index (Phi) is 48.4. The summed E-state index contributed by atoms with van der Waals surface area (Å²) in [5.74, 6) is -8.16. The summed E-state index contributed by atoms with van der Waals surface area (Å²) in [5.41, 5.74) is 25.0.